The maximum Gasteiger partial charge on any atom is 0.196 e. The van der Waals surface area contributed by atoms with Crippen LogP contribution in [0.3, 0.4) is 0 Å². The molecule has 1 aromatic rings. The van der Waals surface area contributed by atoms with E-state index in [1.807, 2.05) is 0 Å². The Morgan fingerprint density at radius 2 is 2.00 bits per heavy atom. The number of rotatable bonds is 1. The molecule has 0 aromatic heterocycles. The monoisotopic (exact) mass is 241 g/mol. The van der Waals surface area contributed by atoms with Crippen LogP contribution in [-0.2, 0) is 4.74 Å². The first-order valence-electron chi connectivity index (χ1n) is 5.29. The van der Waals surface area contributed by atoms with Crippen LogP contribution >= 0.6 is 0 Å². The second-order valence-corrected chi connectivity index (χ2v) is 3.67. The van der Waals surface area contributed by atoms with Crippen molar-refractivity contribution in [3.05, 3.63) is 29.8 Å². The van der Waals surface area contributed by atoms with Crippen LogP contribution in [0.4, 0.5) is 14.5 Å². The van der Waals surface area contributed by atoms with E-state index in [2.05, 4.69) is 4.99 Å². The smallest absolute Gasteiger partial charge is 0.196 e. The molecule has 0 radical (unpaired) electrons. The summed E-state index contributed by atoms with van der Waals surface area (Å²) < 4.78 is 31.2. The number of aliphatic imine (C=N–C) groups is 1. The fourth-order valence-electron chi connectivity index (χ4n) is 1.56. The molecule has 0 unspecified atom stereocenters. The summed E-state index contributed by atoms with van der Waals surface area (Å²) in [5.74, 6) is -1.13. The Bertz CT molecular complexity index is 431. The van der Waals surface area contributed by atoms with Crippen LogP contribution in [0.5, 0.6) is 0 Å². The minimum absolute atomic E-state index is 0.0374. The second-order valence-electron chi connectivity index (χ2n) is 3.67. The quantitative estimate of drug-likeness (QED) is 0.594. The first-order valence-corrected chi connectivity index (χ1v) is 5.29. The van der Waals surface area contributed by atoms with Gasteiger partial charge in [-0.2, -0.15) is 0 Å². The number of nitrogens with two attached hydrogens (primary N) is 1. The maximum atomic E-state index is 13.3. The Morgan fingerprint density at radius 1 is 1.29 bits per heavy atom. The Balaban J connectivity index is 2.16. The van der Waals surface area contributed by atoms with Crippen molar-refractivity contribution in [3.63, 3.8) is 0 Å². The number of hydrogen-bond donors (Lipinski definition) is 1. The number of ether oxygens (including phenoxy) is 1. The third kappa shape index (κ3) is 2.91. The van der Waals surface area contributed by atoms with Gasteiger partial charge in [-0.25, -0.2) is 13.8 Å². The SMILES string of the molecule is NC(=Nc1ccc(F)cc1F)N1CCOCC1. The zero-order chi connectivity index (χ0) is 12.3. The third-order valence-electron chi connectivity index (χ3n) is 2.48. The Morgan fingerprint density at radius 3 is 2.65 bits per heavy atom. The minimum atomic E-state index is -0.721. The van der Waals surface area contributed by atoms with Crippen molar-refractivity contribution >= 4 is 11.6 Å². The number of nitrogens with zero attached hydrogens (tertiary/aromatic N) is 2. The van der Waals surface area contributed by atoms with E-state index in [1.54, 1.807) is 4.90 Å². The summed E-state index contributed by atoms with van der Waals surface area (Å²) in [7, 11) is 0. The van der Waals surface area contributed by atoms with Crippen LogP contribution in [0.1, 0.15) is 0 Å². The summed E-state index contributed by atoms with van der Waals surface area (Å²) in [6.45, 7) is 2.39. The maximum absolute atomic E-state index is 13.3. The molecule has 1 heterocycles. The molecule has 4 nitrogen and oxygen atoms in total. The highest BCUT2D eigenvalue weighted by Gasteiger charge is 2.13. The Labute approximate surface area is 97.7 Å². The van der Waals surface area contributed by atoms with E-state index in [0.717, 1.165) is 12.1 Å². The summed E-state index contributed by atoms with van der Waals surface area (Å²) in [5.41, 5.74) is 5.78. The molecular weight excluding hydrogens is 228 g/mol. The first kappa shape index (κ1) is 11.8. The zero-order valence-electron chi connectivity index (χ0n) is 9.20. The van der Waals surface area contributed by atoms with Gasteiger partial charge in [0.05, 0.1) is 13.2 Å². The van der Waals surface area contributed by atoms with E-state index >= 15 is 0 Å². The minimum Gasteiger partial charge on any atom is -0.378 e. The molecule has 6 heteroatoms. The van der Waals surface area contributed by atoms with Crippen LogP contribution in [0.25, 0.3) is 0 Å². The molecular formula is C11H13F2N3O. The molecule has 0 spiro atoms. The number of guanidine groups is 1. The zero-order valence-corrected chi connectivity index (χ0v) is 9.20. The molecule has 1 aromatic carbocycles. The van der Waals surface area contributed by atoms with Gasteiger partial charge in [-0.3, -0.25) is 0 Å². The lowest BCUT2D eigenvalue weighted by molar-refractivity contribution is 0.0675. The molecule has 1 aliphatic rings. The molecule has 1 saturated heterocycles. The second kappa shape index (κ2) is 5.09. The number of benzene rings is 1. The van der Waals surface area contributed by atoms with Gasteiger partial charge >= 0.3 is 0 Å². The predicted octanol–water partition coefficient (Wildman–Crippen LogP) is 1.24. The molecule has 1 aliphatic heterocycles. The molecule has 0 saturated carbocycles. The summed E-state index contributed by atoms with van der Waals surface area (Å²) in [6, 6.07) is 3.19. The molecule has 0 bridgehead atoms. The van der Waals surface area contributed by atoms with Crippen molar-refractivity contribution in [1.29, 1.82) is 0 Å². The fourth-order valence-corrected chi connectivity index (χ4v) is 1.56. The lowest BCUT2D eigenvalue weighted by Gasteiger charge is -2.27. The van der Waals surface area contributed by atoms with Gasteiger partial charge in [-0.1, -0.05) is 0 Å². The third-order valence-corrected chi connectivity index (χ3v) is 2.48. The highest BCUT2D eigenvalue weighted by molar-refractivity contribution is 5.81. The molecule has 17 heavy (non-hydrogen) atoms. The average molecular weight is 241 g/mol. The van der Waals surface area contributed by atoms with Crippen molar-refractivity contribution in [2.24, 2.45) is 10.7 Å². The van der Waals surface area contributed by atoms with Gasteiger partial charge in [0.15, 0.2) is 11.8 Å². The van der Waals surface area contributed by atoms with Crippen LogP contribution < -0.4 is 5.73 Å². The summed E-state index contributed by atoms with van der Waals surface area (Å²) in [4.78, 5) is 5.74. The Hall–Kier alpha value is -1.69. The van der Waals surface area contributed by atoms with E-state index in [0.29, 0.717) is 26.3 Å². The molecule has 1 fully saturated rings. The van der Waals surface area contributed by atoms with Crippen molar-refractivity contribution in [2.45, 2.75) is 0 Å². The first-order chi connectivity index (χ1) is 8.16. The number of morpholine rings is 1. The number of halogens is 2. The van der Waals surface area contributed by atoms with Crippen molar-refractivity contribution < 1.29 is 13.5 Å². The lowest BCUT2D eigenvalue weighted by Crippen LogP contribution is -2.44. The van der Waals surface area contributed by atoms with E-state index in [9.17, 15) is 8.78 Å². The van der Waals surface area contributed by atoms with Gasteiger partial charge in [0.1, 0.15) is 11.5 Å². The highest BCUT2D eigenvalue weighted by atomic mass is 19.1. The van der Waals surface area contributed by atoms with Crippen molar-refractivity contribution in [2.75, 3.05) is 26.3 Å². The van der Waals surface area contributed by atoms with E-state index in [1.165, 1.54) is 6.07 Å². The average Bonchev–Trinajstić information content (AvgIpc) is 2.34. The molecule has 2 N–H and O–H groups in total. The van der Waals surface area contributed by atoms with Gasteiger partial charge in [0.2, 0.25) is 0 Å². The summed E-state index contributed by atoms with van der Waals surface area (Å²) in [5, 5.41) is 0. The Kier molecular flexibility index (Phi) is 3.53. The standard InChI is InChI=1S/C11H13F2N3O/c12-8-1-2-10(9(13)7-8)15-11(14)16-3-5-17-6-4-16/h1-2,7H,3-6H2,(H2,14,15). The van der Waals surface area contributed by atoms with Crippen LogP contribution in [0, 0.1) is 11.6 Å². The molecule has 0 atom stereocenters. The van der Waals surface area contributed by atoms with Gasteiger partial charge in [0, 0.05) is 19.2 Å². The molecule has 2 rings (SSSR count). The largest absolute Gasteiger partial charge is 0.378 e. The van der Waals surface area contributed by atoms with Crippen LogP contribution in [-0.4, -0.2) is 37.2 Å². The van der Waals surface area contributed by atoms with Gasteiger partial charge in [0.25, 0.3) is 0 Å². The normalized spacial score (nSPS) is 17.3. The van der Waals surface area contributed by atoms with Gasteiger partial charge in [-0.15, -0.1) is 0 Å². The van der Waals surface area contributed by atoms with E-state index in [-0.39, 0.29) is 11.6 Å². The topological polar surface area (TPSA) is 50.8 Å². The molecule has 92 valence electrons. The van der Waals surface area contributed by atoms with Crippen LogP contribution in [0.15, 0.2) is 23.2 Å². The lowest BCUT2D eigenvalue weighted by atomic mass is 10.3. The predicted molar refractivity (Wildman–Crippen MR) is 60.0 cm³/mol. The molecule has 0 aliphatic carbocycles. The molecule has 0 amide bonds. The highest BCUT2D eigenvalue weighted by Crippen LogP contribution is 2.18. The van der Waals surface area contributed by atoms with Gasteiger partial charge in [-0.05, 0) is 12.1 Å². The van der Waals surface area contributed by atoms with Crippen molar-refractivity contribution in [3.8, 4) is 0 Å². The fraction of sp³-hybridized carbons (Fsp3) is 0.364. The summed E-state index contributed by atoms with van der Waals surface area (Å²) in [6.07, 6.45) is 0. The van der Waals surface area contributed by atoms with E-state index < -0.39 is 11.6 Å². The van der Waals surface area contributed by atoms with Crippen LogP contribution in [0.2, 0.25) is 0 Å². The summed E-state index contributed by atoms with van der Waals surface area (Å²) >= 11 is 0. The van der Waals surface area contributed by atoms with Gasteiger partial charge < -0.3 is 15.4 Å². The number of hydrogen-bond acceptors (Lipinski definition) is 2. The van der Waals surface area contributed by atoms with E-state index in [4.69, 9.17) is 10.5 Å². The van der Waals surface area contributed by atoms with Crippen molar-refractivity contribution in [1.82, 2.24) is 4.90 Å².